The van der Waals surface area contributed by atoms with Crippen molar-refractivity contribution >= 4 is 15.9 Å². The van der Waals surface area contributed by atoms with Gasteiger partial charge in [0.1, 0.15) is 0 Å². The average Bonchev–Trinajstić information content (AvgIpc) is 2.02. The Morgan fingerprint density at radius 1 is 1.50 bits per heavy atom. The van der Waals surface area contributed by atoms with Crippen LogP contribution in [0.15, 0.2) is 10.5 Å². The number of aliphatic hydroxyl groups excluding tert-OH is 1. The summed E-state index contributed by atoms with van der Waals surface area (Å²) in [5.74, 6) is -1.92. The second-order valence-corrected chi connectivity index (χ2v) is 3.23. The van der Waals surface area contributed by atoms with E-state index in [0.717, 1.165) is 6.07 Å². The van der Waals surface area contributed by atoms with E-state index in [2.05, 4.69) is 15.9 Å². The number of rotatable bonds is 1. The molecule has 0 amide bonds. The summed E-state index contributed by atoms with van der Waals surface area (Å²) >= 11 is 3.06. The van der Waals surface area contributed by atoms with Crippen molar-refractivity contribution in [2.24, 2.45) is 0 Å². The van der Waals surface area contributed by atoms with Crippen LogP contribution >= 0.6 is 15.9 Å². The van der Waals surface area contributed by atoms with Crippen LogP contribution in [0.25, 0.3) is 0 Å². The fraction of sp³-hybridized carbons (Fsp3) is 0.250. The van der Waals surface area contributed by atoms with Gasteiger partial charge in [-0.3, -0.25) is 0 Å². The van der Waals surface area contributed by atoms with E-state index in [9.17, 15) is 8.78 Å². The van der Waals surface area contributed by atoms with Crippen LogP contribution in [0.4, 0.5) is 8.78 Å². The highest BCUT2D eigenvalue weighted by Crippen LogP contribution is 2.25. The van der Waals surface area contributed by atoms with Gasteiger partial charge in [-0.05, 0) is 18.6 Å². The molecule has 1 rings (SSSR count). The quantitative estimate of drug-likeness (QED) is 0.744. The fourth-order valence-corrected chi connectivity index (χ4v) is 1.35. The van der Waals surface area contributed by atoms with Crippen molar-refractivity contribution in [2.45, 2.75) is 13.5 Å². The van der Waals surface area contributed by atoms with Gasteiger partial charge in [0.2, 0.25) is 0 Å². The Hall–Kier alpha value is -0.480. The summed E-state index contributed by atoms with van der Waals surface area (Å²) in [4.78, 5) is 0. The van der Waals surface area contributed by atoms with Gasteiger partial charge < -0.3 is 5.11 Å². The number of hydrogen-bond donors (Lipinski definition) is 1. The molecular weight excluding hydrogens is 230 g/mol. The van der Waals surface area contributed by atoms with E-state index in [1.807, 2.05) is 0 Å². The number of hydrogen-bond acceptors (Lipinski definition) is 1. The van der Waals surface area contributed by atoms with Crippen molar-refractivity contribution < 1.29 is 13.9 Å². The zero-order valence-electron chi connectivity index (χ0n) is 6.37. The molecule has 1 N–H and O–H groups in total. The molecule has 0 atom stereocenters. The highest BCUT2D eigenvalue weighted by atomic mass is 79.9. The average molecular weight is 237 g/mol. The second kappa shape index (κ2) is 3.49. The molecule has 0 aliphatic carbocycles. The smallest absolute Gasteiger partial charge is 0.165 e. The highest BCUT2D eigenvalue weighted by Gasteiger charge is 2.13. The van der Waals surface area contributed by atoms with Gasteiger partial charge in [0.15, 0.2) is 11.6 Å². The van der Waals surface area contributed by atoms with E-state index in [1.165, 1.54) is 0 Å². The van der Waals surface area contributed by atoms with Crippen molar-refractivity contribution in [3.63, 3.8) is 0 Å². The van der Waals surface area contributed by atoms with Crippen molar-refractivity contribution in [3.05, 3.63) is 33.3 Å². The number of benzene rings is 1. The molecule has 0 aromatic heterocycles. The Labute approximate surface area is 77.2 Å². The van der Waals surface area contributed by atoms with Crippen molar-refractivity contribution in [3.8, 4) is 0 Å². The Morgan fingerprint density at radius 2 is 2.08 bits per heavy atom. The van der Waals surface area contributed by atoms with Crippen LogP contribution in [0.1, 0.15) is 11.1 Å². The van der Waals surface area contributed by atoms with Crippen LogP contribution < -0.4 is 0 Å². The number of aryl methyl sites for hydroxylation is 1. The molecule has 0 saturated heterocycles. The molecule has 1 nitrogen and oxygen atoms in total. The molecule has 4 heteroatoms. The van der Waals surface area contributed by atoms with Crippen molar-refractivity contribution in [1.82, 2.24) is 0 Å². The first-order valence-electron chi connectivity index (χ1n) is 3.31. The molecule has 1 aromatic rings. The first-order chi connectivity index (χ1) is 5.57. The van der Waals surface area contributed by atoms with Gasteiger partial charge in [0.05, 0.1) is 6.61 Å². The molecule has 0 radical (unpaired) electrons. The van der Waals surface area contributed by atoms with Gasteiger partial charge in [-0.1, -0.05) is 15.9 Å². The Morgan fingerprint density at radius 3 is 2.58 bits per heavy atom. The van der Waals surface area contributed by atoms with Crippen LogP contribution in [0, 0.1) is 18.6 Å². The first kappa shape index (κ1) is 9.61. The van der Waals surface area contributed by atoms with E-state index in [-0.39, 0.29) is 5.56 Å². The fourth-order valence-electron chi connectivity index (χ4n) is 0.934. The topological polar surface area (TPSA) is 20.2 Å². The second-order valence-electron chi connectivity index (χ2n) is 2.44. The van der Waals surface area contributed by atoms with E-state index >= 15 is 0 Å². The van der Waals surface area contributed by atoms with E-state index < -0.39 is 18.2 Å². The van der Waals surface area contributed by atoms with Gasteiger partial charge in [0.25, 0.3) is 0 Å². The molecular formula is C8H7BrF2O. The van der Waals surface area contributed by atoms with E-state index in [1.54, 1.807) is 6.92 Å². The molecule has 0 aliphatic heterocycles. The Balaban J connectivity index is 3.42. The van der Waals surface area contributed by atoms with Crippen LogP contribution in [0.2, 0.25) is 0 Å². The molecule has 0 fully saturated rings. The lowest BCUT2D eigenvalue weighted by Gasteiger charge is -2.06. The third kappa shape index (κ3) is 1.49. The molecule has 0 unspecified atom stereocenters. The standard InChI is InChI=1S/C8H7BrF2O/c1-4-2-6(10)8(11)5(3-12)7(4)9/h2,12H,3H2,1H3. The zero-order valence-corrected chi connectivity index (χ0v) is 7.95. The largest absolute Gasteiger partial charge is 0.392 e. The Kier molecular flexibility index (Phi) is 2.80. The minimum Gasteiger partial charge on any atom is -0.392 e. The summed E-state index contributed by atoms with van der Waals surface area (Å²) in [6.07, 6.45) is 0. The summed E-state index contributed by atoms with van der Waals surface area (Å²) in [6, 6.07) is 1.08. The summed E-state index contributed by atoms with van der Waals surface area (Å²) < 4.78 is 26.0. The highest BCUT2D eigenvalue weighted by molar-refractivity contribution is 9.10. The predicted octanol–water partition coefficient (Wildman–Crippen LogP) is 2.53. The van der Waals surface area contributed by atoms with Gasteiger partial charge in [-0.25, -0.2) is 8.78 Å². The molecule has 0 aliphatic rings. The lowest BCUT2D eigenvalue weighted by atomic mass is 10.1. The monoisotopic (exact) mass is 236 g/mol. The zero-order chi connectivity index (χ0) is 9.30. The molecule has 0 spiro atoms. The van der Waals surface area contributed by atoms with Gasteiger partial charge in [-0.15, -0.1) is 0 Å². The predicted molar refractivity (Wildman–Crippen MR) is 44.7 cm³/mol. The van der Waals surface area contributed by atoms with E-state index in [0.29, 0.717) is 10.0 Å². The van der Waals surface area contributed by atoms with E-state index in [4.69, 9.17) is 5.11 Å². The number of aliphatic hydroxyl groups is 1. The van der Waals surface area contributed by atoms with Gasteiger partial charge in [-0.2, -0.15) is 0 Å². The lowest BCUT2D eigenvalue weighted by Crippen LogP contribution is -1.97. The third-order valence-corrected chi connectivity index (χ3v) is 2.69. The summed E-state index contributed by atoms with van der Waals surface area (Å²) in [5.41, 5.74) is 0.533. The molecule has 1 aromatic carbocycles. The van der Waals surface area contributed by atoms with Crippen LogP contribution in [0.5, 0.6) is 0 Å². The molecule has 0 bridgehead atoms. The van der Waals surface area contributed by atoms with Crippen LogP contribution in [0.3, 0.4) is 0 Å². The van der Waals surface area contributed by atoms with Gasteiger partial charge >= 0.3 is 0 Å². The minimum absolute atomic E-state index is 0.0347. The maximum atomic E-state index is 12.9. The van der Waals surface area contributed by atoms with Crippen LogP contribution in [-0.4, -0.2) is 5.11 Å². The molecule has 0 saturated carbocycles. The SMILES string of the molecule is Cc1cc(F)c(F)c(CO)c1Br. The summed E-state index contributed by atoms with van der Waals surface area (Å²) in [6.45, 7) is 1.12. The molecule has 0 heterocycles. The van der Waals surface area contributed by atoms with Crippen molar-refractivity contribution in [1.29, 1.82) is 0 Å². The third-order valence-electron chi connectivity index (χ3n) is 1.59. The molecule has 66 valence electrons. The maximum Gasteiger partial charge on any atom is 0.165 e. The number of halogens is 3. The first-order valence-corrected chi connectivity index (χ1v) is 4.11. The minimum atomic E-state index is -0.991. The van der Waals surface area contributed by atoms with Crippen molar-refractivity contribution in [2.75, 3.05) is 0 Å². The van der Waals surface area contributed by atoms with Crippen LogP contribution in [-0.2, 0) is 6.61 Å². The lowest BCUT2D eigenvalue weighted by molar-refractivity contribution is 0.272. The molecule has 12 heavy (non-hydrogen) atoms. The summed E-state index contributed by atoms with van der Waals surface area (Å²) in [7, 11) is 0. The summed E-state index contributed by atoms with van der Waals surface area (Å²) in [5, 5.41) is 8.71. The Bertz CT molecular complexity index is 286. The maximum absolute atomic E-state index is 12.9. The van der Waals surface area contributed by atoms with Gasteiger partial charge in [0, 0.05) is 10.0 Å². The normalized spacial score (nSPS) is 10.4.